The first-order chi connectivity index (χ1) is 13.5. The number of ketones is 1. The number of aryl methyl sites for hydroxylation is 1. The molecule has 0 radical (unpaired) electrons. The molecule has 28 heavy (non-hydrogen) atoms. The van der Waals surface area contributed by atoms with E-state index in [1.165, 1.54) is 34.4 Å². The lowest BCUT2D eigenvalue weighted by Gasteiger charge is -2.03. The minimum atomic E-state index is -0.902. The van der Waals surface area contributed by atoms with Crippen LogP contribution in [0.5, 0.6) is 0 Å². The van der Waals surface area contributed by atoms with Gasteiger partial charge >= 0.3 is 0 Å². The summed E-state index contributed by atoms with van der Waals surface area (Å²) >= 11 is 3.93. The molecule has 0 saturated heterocycles. The lowest BCUT2D eigenvalue weighted by Crippen LogP contribution is -2.13. The maximum atomic E-state index is 12.6. The smallest absolute Gasteiger partial charge is 0.222 e. The van der Waals surface area contributed by atoms with Gasteiger partial charge in [-0.2, -0.15) is 5.26 Å². The molecule has 2 heterocycles. The van der Waals surface area contributed by atoms with Crippen LogP contribution in [0.1, 0.15) is 21.5 Å². The number of thiazole rings is 2. The normalized spacial score (nSPS) is 11.7. The molecule has 2 N–H and O–H groups in total. The zero-order valence-corrected chi connectivity index (χ0v) is 17.4. The van der Waals surface area contributed by atoms with Crippen LogP contribution < -0.4 is 5.73 Å². The number of carbonyl (C=O) groups excluding carboxylic acids is 2. The Hall–Kier alpha value is -2.54. The molecule has 1 aromatic carbocycles. The van der Waals surface area contributed by atoms with Gasteiger partial charge in [-0.3, -0.25) is 9.59 Å². The van der Waals surface area contributed by atoms with Crippen molar-refractivity contribution in [1.82, 2.24) is 9.97 Å². The summed E-state index contributed by atoms with van der Waals surface area (Å²) in [5.41, 5.74) is 7.67. The Morgan fingerprint density at radius 2 is 2.04 bits per heavy atom. The highest BCUT2D eigenvalue weighted by Crippen LogP contribution is 2.31. The van der Waals surface area contributed by atoms with E-state index in [0.717, 1.165) is 21.8 Å². The molecule has 1 amide bonds. The van der Waals surface area contributed by atoms with E-state index in [1.807, 2.05) is 35.7 Å². The fourth-order valence-corrected chi connectivity index (χ4v) is 5.47. The van der Waals surface area contributed by atoms with Gasteiger partial charge in [0.2, 0.25) is 5.91 Å². The number of nitrogens with zero attached hydrogens (tertiary/aromatic N) is 3. The quantitative estimate of drug-likeness (QED) is 0.549. The summed E-state index contributed by atoms with van der Waals surface area (Å²) in [7, 11) is 0. The van der Waals surface area contributed by atoms with E-state index in [2.05, 4.69) is 16.0 Å². The number of carbonyl (C=O) groups is 2. The third-order valence-corrected chi connectivity index (χ3v) is 7.07. The maximum Gasteiger partial charge on any atom is 0.222 e. The van der Waals surface area contributed by atoms with E-state index >= 15 is 0 Å². The zero-order valence-electron chi connectivity index (χ0n) is 14.9. The molecule has 0 aliphatic rings. The van der Waals surface area contributed by atoms with Crippen molar-refractivity contribution in [2.24, 2.45) is 5.73 Å². The van der Waals surface area contributed by atoms with Crippen LogP contribution in [0.4, 0.5) is 0 Å². The van der Waals surface area contributed by atoms with Crippen LogP contribution in [-0.4, -0.2) is 27.4 Å². The Kier molecular flexibility index (Phi) is 6.57. The van der Waals surface area contributed by atoms with Gasteiger partial charge in [0.25, 0.3) is 0 Å². The summed E-state index contributed by atoms with van der Waals surface area (Å²) in [6, 6.07) is 11.7. The summed E-state index contributed by atoms with van der Waals surface area (Å²) in [4.78, 5) is 33.3. The van der Waals surface area contributed by atoms with Gasteiger partial charge in [-0.05, 0) is 6.92 Å². The van der Waals surface area contributed by atoms with Crippen molar-refractivity contribution in [3.63, 3.8) is 0 Å². The van der Waals surface area contributed by atoms with Gasteiger partial charge in [0.15, 0.2) is 16.0 Å². The van der Waals surface area contributed by atoms with Gasteiger partial charge in [0.1, 0.15) is 5.01 Å². The summed E-state index contributed by atoms with van der Waals surface area (Å²) in [5.74, 6) is -1.42. The molecule has 2 aromatic heterocycles. The molecule has 1 unspecified atom stereocenters. The largest absolute Gasteiger partial charge is 0.369 e. The van der Waals surface area contributed by atoms with Gasteiger partial charge in [-0.25, -0.2) is 9.97 Å². The molecule has 0 aliphatic heterocycles. The van der Waals surface area contributed by atoms with Crippen molar-refractivity contribution in [2.45, 2.75) is 23.6 Å². The van der Waals surface area contributed by atoms with Crippen molar-refractivity contribution in [3.05, 3.63) is 51.3 Å². The average molecular weight is 429 g/mol. The number of nitrogens with two attached hydrogens (primary N) is 1. The predicted molar refractivity (Wildman–Crippen MR) is 111 cm³/mol. The van der Waals surface area contributed by atoms with Gasteiger partial charge in [-0.15, -0.1) is 22.7 Å². The van der Waals surface area contributed by atoms with E-state index in [-0.39, 0.29) is 18.0 Å². The first kappa shape index (κ1) is 20.2. The molecular weight excluding hydrogens is 412 g/mol. The second-order valence-electron chi connectivity index (χ2n) is 5.89. The van der Waals surface area contributed by atoms with E-state index in [1.54, 1.807) is 6.92 Å². The highest BCUT2D eigenvalue weighted by atomic mass is 32.2. The van der Waals surface area contributed by atoms with Crippen LogP contribution in [0.25, 0.3) is 11.3 Å². The number of Topliss-reactive ketones (excluding diaryl/α,β-unsaturated/α-hetero) is 1. The molecule has 0 bridgehead atoms. The molecule has 1 atom stereocenters. The van der Waals surface area contributed by atoms with Crippen LogP contribution in [0.3, 0.4) is 0 Å². The molecule has 0 saturated carbocycles. The van der Waals surface area contributed by atoms with Gasteiger partial charge < -0.3 is 5.73 Å². The van der Waals surface area contributed by atoms with Crippen LogP contribution in [0.2, 0.25) is 0 Å². The van der Waals surface area contributed by atoms with E-state index in [4.69, 9.17) is 5.73 Å². The fourth-order valence-electron chi connectivity index (χ4n) is 2.43. The predicted octanol–water partition coefficient (Wildman–Crippen LogP) is 3.57. The molecule has 3 rings (SSSR count). The van der Waals surface area contributed by atoms with E-state index < -0.39 is 11.8 Å². The maximum absolute atomic E-state index is 12.6. The van der Waals surface area contributed by atoms with Crippen LogP contribution in [0.15, 0.2) is 40.1 Å². The lowest BCUT2D eigenvalue weighted by molar-refractivity contribution is -0.118. The highest BCUT2D eigenvalue weighted by molar-refractivity contribution is 8.01. The summed E-state index contributed by atoms with van der Waals surface area (Å²) in [6.07, 6.45) is 0.139. The van der Waals surface area contributed by atoms with Gasteiger partial charge in [0, 0.05) is 15.8 Å². The monoisotopic (exact) mass is 428 g/mol. The van der Waals surface area contributed by atoms with E-state index in [0.29, 0.717) is 9.35 Å². The summed E-state index contributed by atoms with van der Waals surface area (Å²) in [6.45, 7) is 1.80. The zero-order chi connectivity index (χ0) is 20.1. The number of thioether (sulfide) groups is 1. The van der Waals surface area contributed by atoms with Crippen LogP contribution >= 0.6 is 34.4 Å². The third-order valence-electron chi connectivity index (χ3n) is 3.84. The topological polar surface area (TPSA) is 110 Å². The first-order valence-corrected chi connectivity index (χ1v) is 11.0. The molecule has 6 nitrogen and oxygen atoms in total. The summed E-state index contributed by atoms with van der Waals surface area (Å²) in [5, 5.41) is 11.9. The summed E-state index contributed by atoms with van der Waals surface area (Å²) < 4.78 is 0.683. The standard InChI is InChI=1S/C19H16N4O2S3/c1-11-16(7-17(21)25)28-19(22-11)27-10-15(24)13(8-20)18-23-14(9-26-18)12-5-3-2-4-6-12/h2-6,9,13H,7,10H2,1H3,(H2,21,25). The third kappa shape index (κ3) is 4.84. The first-order valence-electron chi connectivity index (χ1n) is 8.28. The molecule has 3 aromatic rings. The number of hydrogen-bond donors (Lipinski definition) is 1. The second-order valence-corrected chi connectivity index (χ2v) is 9.08. The lowest BCUT2D eigenvalue weighted by atomic mass is 10.1. The molecule has 0 aliphatic carbocycles. The Morgan fingerprint density at radius 1 is 1.29 bits per heavy atom. The molecule has 142 valence electrons. The van der Waals surface area contributed by atoms with Crippen molar-refractivity contribution in [1.29, 1.82) is 5.26 Å². The van der Waals surface area contributed by atoms with Crippen LogP contribution in [0, 0.1) is 18.3 Å². The van der Waals surface area contributed by atoms with Gasteiger partial charge in [0.05, 0.1) is 29.6 Å². The number of rotatable bonds is 8. The number of nitriles is 1. The highest BCUT2D eigenvalue weighted by Gasteiger charge is 2.24. The van der Waals surface area contributed by atoms with Crippen molar-refractivity contribution in [2.75, 3.05) is 5.75 Å². The number of benzene rings is 1. The Morgan fingerprint density at radius 3 is 2.71 bits per heavy atom. The molecular formula is C19H16N4O2S3. The van der Waals surface area contributed by atoms with Crippen LogP contribution in [-0.2, 0) is 16.0 Å². The minimum absolute atomic E-state index is 0.113. The molecule has 9 heteroatoms. The Balaban J connectivity index is 1.67. The minimum Gasteiger partial charge on any atom is -0.369 e. The second kappa shape index (κ2) is 9.10. The average Bonchev–Trinajstić information content (AvgIpc) is 3.28. The van der Waals surface area contributed by atoms with Crippen molar-refractivity contribution >= 4 is 46.1 Å². The number of primary amides is 1. The van der Waals surface area contributed by atoms with Gasteiger partial charge in [-0.1, -0.05) is 42.1 Å². The molecule has 0 fully saturated rings. The van der Waals surface area contributed by atoms with Crippen molar-refractivity contribution < 1.29 is 9.59 Å². The van der Waals surface area contributed by atoms with E-state index in [9.17, 15) is 14.9 Å². The number of amides is 1. The number of hydrogen-bond acceptors (Lipinski definition) is 8. The SMILES string of the molecule is Cc1nc(SCC(=O)C(C#N)c2nc(-c3ccccc3)cs2)sc1CC(N)=O. The van der Waals surface area contributed by atoms with Crippen molar-refractivity contribution in [3.8, 4) is 17.3 Å². The molecule has 0 spiro atoms. The number of aromatic nitrogens is 2. The fraction of sp³-hybridized carbons (Fsp3) is 0.211. The Labute approximate surface area is 174 Å². The Bertz CT molecular complexity index is 1040.